The highest BCUT2D eigenvalue weighted by molar-refractivity contribution is 7.11. The predicted molar refractivity (Wildman–Crippen MR) is 88.2 cm³/mol. The largest absolute Gasteiger partial charge is 0.302 e. The molecule has 2 aromatic rings. The molecule has 1 heterocycles. The second-order valence-electron chi connectivity index (χ2n) is 5.15. The molecule has 2 nitrogen and oxygen atoms in total. The number of hydrogen-bond acceptors (Lipinski definition) is 3. The molecule has 0 aliphatic rings. The first-order valence-corrected chi connectivity index (χ1v) is 8.10. The summed E-state index contributed by atoms with van der Waals surface area (Å²) in [5.74, 6) is 0. The third-order valence-corrected chi connectivity index (χ3v) is 4.58. The number of nitrogens with one attached hydrogen (secondary N) is 1. The maximum atomic E-state index is 6.13. The second kappa shape index (κ2) is 6.44. The van der Waals surface area contributed by atoms with Crippen LogP contribution in [0.3, 0.4) is 0 Å². The van der Waals surface area contributed by atoms with Gasteiger partial charge in [-0.2, -0.15) is 0 Å². The van der Waals surface area contributed by atoms with Crippen LogP contribution in [0.25, 0.3) is 0 Å². The molecule has 20 heavy (non-hydrogen) atoms. The standard InChI is InChI=1S/C15H18Cl2N2S/c1-8(2)18-14(15-19-9(3)10(4)20-15)11-5-12(16)7-13(17)6-11/h5-8,14,18H,1-4H3. The monoisotopic (exact) mass is 328 g/mol. The molecule has 1 aromatic carbocycles. The molecule has 2 rings (SSSR count). The first-order chi connectivity index (χ1) is 9.36. The molecule has 1 atom stereocenters. The molecule has 0 aliphatic carbocycles. The first kappa shape index (κ1) is 15.8. The minimum Gasteiger partial charge on any atom is -0.302 e. The predicted octanol–water partition coefficient (Wildman–Crippen LogP) is 5.15. The van der Waals surface area contributed by atoms with Gasteiger partial charge in [0.15, 0.2) is 0 Å². The molecular formula is C15H18Cl2N2S. The van der Waals surface area contributed by atoms with Crippen LogP contribution in [-0.2, 0) is 0 Å². The van der Waals surface area contributed by atoms with E-state index in [-0.39, 0.29) is 6.04 Å². The summed E-state index contributed by atoms with van der Waals surface area (Å²) >= 11 is 14.0. The topological polar surface area (TPSA) is 24.9 Å². The Morgan fingerprint density at radius 1 is 1.10 bits per heavy atom. The van der Waals surface area contributed by atoms with Crippen molar-refractivity contribution in [3.05, 3.63) is 49.4 Å². The summed E-state index contributed by atoms with van der Waals surface area (Å²) in [6.07, 6.45) is 0. The summed E-state index contributed by atoms with van der Waals surface area (Å²) in [6, 6.07) is 5.99. The fourth-order valence-corrected chi connectivity index (χ4v) is 3.56. The van der Waals surface area contributed by atoms with Gasteiger partial charge >= 0.3 is 0 Å². The van der Waals surface area contributed by atoms with Crippen LogP contribution in [0.15, 0.2) is 18.2 Å². The average molecular weight is 329 g/mol. The van der Waals surface area contributed by atoms with Crippen molar-refractivity contribution >= 4 is 34.5 Å². The summed E-state index contributed by atoms with van der Waals surface area (Å²) in [6.45, 7) is 8.36. The van der Waals surface area contributed by atoms with Gasteiger partial charge in [-0.15, -0.1) is 11.3 Å². The highest BCUT2D eigenvalue weighted by Crippen LogP contribution is 2.31. The summed E-state index contributed by atoms with van der Waals surface area (Å²) in [7, 11) is 0. The van der Waals surface area contributed by atoms with Gasteiger partial charge in [0, 0.05) is 21.0 Å². The van der Waals surface area contributed by atoms with Gasteiger partial charge in [0.1, 0.15) is 5.01 Å². The molecule has 0 aliphatic heterocycles. The van der Waals surface area contributed by atoms with Crippen LogP contribution in [0.1, 0.15) is 41.0 Å². The zero-order valence-electron chi connectivity index (χ0n) is 12.0. The molecule has 0 amide bonds. The quantitative estimate of drug-likeness (QED) is 0.839. The van der Waals surface area contributed by atoms with Crippen LogP contribution in [0.5, 0.6) is 0 Å². The average Bonchev–Trinajstić information content (AvgIpc) is 2.65. The molecule has 0 bridgehead atoms. The van der Waals surface area contributed by atoms with Crippen molar-refractivity contribution in [2.24, 2.45) is 0 Å². The Morgan fingerprint density at radius 2 is 1.70 bits per heavy atom. The van der Waals surface area contributed by atoms with Crippen LogP contribution in [0.2, 0.25) is 10.0 Å². The molecule has 0 radical (unpaired) electrons. The Kier molecular flexibility index (Phi) is 5.08. The fraction of sp³-hybridized carbons (Fsp3) is 0.400. The number of halogens is 2. The van der Waals surface area contributed by atoms with Crippen molar-refractivity contribution in [2.75, 3.05) is 0 Å². The van der Waals surface area contributed by atoms with Crippen molar-refractivity contribution in [1.82, 2.24) is 10.3 Å². The van der Waals surface area contributed by atoms with Crippen molar-refractivity contribution < 1.29 is 0 Å². The maximum Gasteiger partial charge on any atom is 0.115 e. The van der Waals surface area contributed by atoms with Crippen molar-refractivity contribution in [2.45, 2.75) is 39.8 Å². The zero-order valence-corrected chi connectivity index (χ0v) is 14.3. The van der Waals surface area contributed by atoms with Crippen LogP contribution < -0.4 is 5.32 Å². The molecule has 1 unspecified atom stereocenters. The Bertz CT molecular complexity index is 568. The summed E-state index contributed by atoms with van der Waals surface area (Å²) in [5, 5.41) is 5.88. The van der Waals surface area contributed by atoms with Gasteiger partial charge in [-0.1, -0.05) is 23.2 Å². The SMILES string of the molecule is Cc1nc(C(NC(C)C)c2cc(Cl)cc(Cl)c2)sc1C. The summed E-state index contributed by atoms with van der Waals surface area (Å²) < 4.78 is 0. The van der Waals surface area contributed by atoms with Gasteiger partial charge in [-0.25, -0.2) is 4.98 Å². The number of nitrogens with zero attached hydrogens (tertiary/aromatic N) is 1. The Morgan fingerprint density at radius 3 is 2.15 bits per heavy atom. The van der Waals surface area contributed by atoms with Gasteiger partial charge in [0.05, 0.1) is 11.7 Å². The molecule has 0 spiro atoms. The smallest absolute Gasteiger partial charge is 0.115 e. The zero-order chi connectivity index (χ0) is 14.9. The fourth-order valence-electron chi connectivity index (χ4n) is 2.01. The molecule has 0 saturated heterocycles. The summed E-state index contributed by atoms with van der Waals surface area (Å²) in [4.78, 5) is 5.91. The molecule has 1 aromatic heterocycles. The van der Waals surface area contributed by atoms with E-state index in [4.69, 9.17) is 23.2 Å². The molecule has 1 N–H and O–H groups in total. The van der Waals surface area contributed by atoms with E-state index in [1.165, 1.54) is 4.88 Å². The highest BCUT2D eigenvalue weighted by Gasteiger charge is 2.20. The van der Waals surface area contributed by atoms with E-state index in [1.807, 2.05) is 19.1 Å². The van der Waals surface area contributed by atoms with E-state index in [2.05, 4.69) is 31.1 Å². The Hall–Kier alpha value is -0.610. The van der Waals surface area contributed by atoms with Gasteiger partial charge in [-0.05, 0) is 51.5 Å². The lowest BCUT2D eigenvalue weighted by Gasteiger charge is -2.20. The number of rotatable bonds is 4. The van der Waals surface area contributed by atoms with Crippen molar-refractivity contribution in [1.29, 1.82) is 0 Å². The maximum absolute atomic E-state index is 6.13. The second-order valence-corrected chi connectivity index (χ2v) is 7.26. The lowest BCUT2D eigenvalue weighted by Crippen LogP contribution is -2.29. The normalized spacial score (nSPS) is 12.9. The van der Waals surface area contributed by atoms with Crippen LogP contribution in [0, 0.1) is 13.8 Å². The van der Waals surface area contributed by atoms with E-state index in [9.17, 15) is 0 Å². The van der Waals surface area contributed by atoms with Gasteiger partial charge in [-0.3, -0.25) is 0 Å². The first-order valence-electron chi connectivity index (χ1n) is 6.52. The minimum absolute atomic E-state index is 0.0172. The van der Waals surface area contributed by atoms with Crippen LogP contribution in [-0.4, -0.2) is 11.0 Å². The Balaban J connectivity index is 2.46. The van der Waals surface area contributed by atoms with E-state index in [0.29, 0.717) is 16.1 Å². The number of aromatic nitrogens is 1. The van der Waals surface area contributed by atoms with E-state index in [0.717, 1.165) is 16.3 Å². The third-order valence-electron chi connectivity index (χ3n) is 3.01. The van der Waals surface area contributed by atoms with E-state index < -0.39 is 0 Å². The number of hydrogen-bond donors (Lipinski definition) is 1. The lowest BCUT2D eigenvalue weighted by molar-refractivity contribution is 0.526. The van der Waals surface area contributed by atoms with E-state index >= 15 is 0 Å². The highest BCUT2D eigenvalue weighted by atomic mass is 35.5. The van der Waals surface area contributed by atoms with Crippen LogP contribution >= 0.6 is 34.5 Å². The van der Waals surface area contributed by atoms with Crippen molar-refractivity contribution in [3.8, 4) is 0 Å². The molecule has 0 saturated carbocycles. The number of thiazole rings is 1. The molecule has 5 heteroatoms. The molecule has 0 fully saturated rings. The minimum atomic E-state index is 0.0172. The lowest BCUT2D eigenvalue weighted by atomic mass is 10.1. The molecule has 108 valence electrons. The van der Waals surface area contributed by atoms with Gasteiger partial charge in [0.2, 0.25) is 0 Å². The van der Waals surface area contributed by atoms with Gasteiger partial charge < -0.3 is 5.32 Å². The van der Waals surface area contributed by atoms with Gasteiger partial charge in [0.25, 0.3) is 0 Å². The Labute approximate surface area is 134 Å². The number of aryl methyl sites for hydroxylation is 2. The summed E-state index contributed by atoms with van der Waals surface area (Å²) in [5.41, 5.74) is 2.12. The third kappa shape index (κ3) is 3.73. The number of benzene rings is 1. The van der Waals surface area contributed by atoms with Crippen molar-refractivity contribution in [3.63, 3.8) is 0 Å². The van der Waals surface area contributed by atoms with Crippen LogP contribution in [0.4, 0.5) is 0 Å². The molecular weight excluding hydrogens is 311 g/mol. The van der Waals surface area contributed by atoms with E-state index in [1.54, 1.807) is 17.4 Å².